The molecule has 4 rings (SSSR count). The molecule has 0 aliphatic carbocycles. The SMILES string of the molecule is O=C(Nc1cccc(CNCCO)n1)c1cnc2ccc(-c3cccc(F)c3Cl)nn12. The maximum absolute atomic E-state index is 13.8. The van der Waals surface area contributed by atoms with Crippen LogP contribution in [0, 0.1) is 5.82 Å². The van der Waals surface area contributed by atoms with Gasteiger partial charge < -0.3 is 15.7 Å². The first-order valence-corrected chi connectivity index (χ1v) is 9.82. The number of aromatic nitrogens is 4. The molecular weight excluding hydrogens is 423 g/mol. The first kappa shape index (κ1) is 20.9. The molecule has 0 bridgehead atoms. The molecule has 1 amide bonds. The van der Waals surface area contributed by atoms with Crippen molar-refractivity contribution in [3.05, 3.63) is 77.0 Å². The number of aliphatic hydroxyl groups excluding tert-OH is 1. The molecule has 3 aromatic heterocycles. The van der Waals surface area contributed by atoms with Gasteiger partial charge in [0.15, 0.2) is 11.3 Å². The second-order valence-corrected chi connectivity index (χ2v) is 6.98. The zero-order valence-electron chi connectivity index (χ0n) is 16.2. The molecule has 0 fully saturated rings. The lowest BCUT2D eigenvalue weighted by Crippen LogP contribution is -2.19. The third kappa shape index (κ3) is 4.53. The summed E-state index contributed by atoms with van der Waals surface area (Å²) in [6.07, 6.45) is 1.40. The van der Waals surface area contributed by atoms with Gasteiger partial charge in [-0.1, -0.05) is 29.8 Å². The van der Waals surface area contributed by atoms with Crippen LogP contribution in [0.1, 0.15) is 16.2 Å². The van der Waals surface area contributed by atoms with Crippen molar-refractivity contribution in [3.63, 3.8) is 0 Å². The molecule has 0 saturated heterocycles. The van der Waals surface area contributed by atoms with E-state index in [0.717, 1.165) is 0 Å². The highest BCUT2D eigenvalue weighted by molar-refractivity contribution is 6.33. The van der Waals surface area contributed by atoms with E-state index in [9.17, 15) is 9.18 Å². The number of benzene rings is 1. The molecule has 0 spiro atoms. The van der Waals surface area contributed by atoms with E-state index in [1.165, 1.54) is 22.8 Å². The number of halogens is 2. The smallest absolute Gasteiger partial charge is 0.277 e. The lowest BCUT2D eigenvalue weighted by molar-refractivity contribution is 0.102. The minimum absolute atomic E-state index is 0.0283. The molecule has 3 N–H and O–H groups in total. The predicted octanol–water partition coefficient (Wildman–Crippen LogP) is 2.92. The quantitative estimate of drug-likeness (QED) is 0.382. The van der Waals surface area contributed by atoms with Gasteiger partial charge in [0.05, 0.1) is 29.2 Å². The summed E-state index contributed by atoms with van der Waals surface area (Å²) in [6, 6.07) is 13.0. The van der Waals surface area contributed by atoms with Crippen LogP contribution in [-0.4, -0.2) is 43.7 Å². The summed E-state index contributed by atoms with van der Waals surface area (Å²) >= 11 is 6.08. The Morgan fingerprint density at radius 3 is 2.84 bits per heavy atom. The molecule has 4 aromatic rings. The zero-order chi connectivity index (χ0) is 21.8. The lowest BCUT2D eigenvalue weighted by Gasteiger charge is -2.08. The molecule has 8 nitrogen and oxygen atoms in total. The van der Waals surface area contributed by atoms with Crippen LogP contribution in [0.4, 0.5) is 10.2 Å². The van der Waals surface area contributed by atoms with Crippen LogP contribution in [0.15, 0.2) is 54.7 Å². The Labute approximate surface area is 181 Å². The van der Waals surface area contributed by atoms with Gasteiger partial charge in [0, 0.05) is 18.7 Å². The van der Waals surface area contributed by atoms with Gasteiger partial charge in [-0.25, -0.2) is 18.9 Å². The van der Waals surface area contributed by atoms with Gasteiger partial charge in [-0.05, 0) is 30.3 Å². The monoisotopic (exact) mass is 440 g/mol. The van der Waals surface area contributed by atoms with Crippen LogP contribution < -0.4 is 10.6 Å². The number of rotatable bonds is 7. The van der Waals surface area contributed by atoms with Crippen molar-refractivity contribution in [1.29, 1.82) is 0 Å². The molecule has 0 radical (unpaired) electrons. The first-order valence-electron chi connectivity index (χ1n) is 9.45. The van der Waals surface area contributed by atoms with Crippen molar-refractivity contribution in [2.75, 3.05) is 18.5 Å². The molecule has 0 unspecified atom stereocenters. The number of nitrogens with one attached hydrogen (secondary N) is 2. The van der Waals surface area contributed by atoms with Gasteiger partial charge in [0.1, 0.15) is 11.6 Å². The topological polar surface area (TPSA) is 104 Å². The Kier molecular flexibility index (Phi) is 6.17. The lowest BCUT2D eigenvalue weighted by atomic mass is 10.1. The molecule has 1 aromatic carbocycles. The predicted molar refractivity (Wildman–Crippen MR) is 114 cm³/mol. The number of carbonyl (C=O) groups is 1. The molecule has 158 valence electrons. The molecule has 0 atom stereocenters. The highest BCUT2D eigenvalue weighted by Gasteiger charge is 2.16. The van der Waals surface area contributed by atoms with Crippen molar-refractivity contribution in [1.82, 2.24) is 24.9 Å². The van der Waals surface area contributed by atoms with Gasteiger partial charge in [-0.15, -0.1) is 0 Å². The molecule has 0 aliphatic heterocycles. The van der Waals surface area contributed by atoms with Crippen LogP contribution in [-0.2, 0) is 6.54 Å². The summed E-state index contributed by atoms with van der Waals surface area (Å²) < 4.78 is 15.2. The fourth-order valence-corrected chi connectivity index (χ4v) is 3.22. The number of aliphatic hydroxyl groups is 1. The fraction of sp³-hybridized carbons (Fsp3) is 0.143. The van der Waals surface area contributed by atoms with Crippen LogP contribution in [0.25, 0.3) is 16.9 Å². The largest absolute Gasteiger partial charge is 0.395 e. The van der Waals surface area contributed by atoms with E-state index in [1.807, 2.05) is 6.07 Å². The van der Waals surface area contributed by atoms with Crippen LogP contribution >= 0.6 is 11.6 Å². The molecular formula is C21H18ClFN6O2. The Hall–Kier alpha value is -3.40. The number of carbonyl (C=O) groups excluding carboxylic acids is 1. The van der Waals surface area contributed by atoms with Crippen LogP contribution in [0.3, 0.4) is 0 Å². The third-order valence-corrected chi connectivity index (χ3v) is 4.85. The minimum atomic E-state index is -0.552. The molecule has 0 aliphatic rings. The number of nitrogens with zero attached hydrogens (tertiary/aromatic N) is 4. The Bertz CT molecular complexity index is 1250. The van der Waals surface area contributed by atoms with Crippen molar-refractivity contribution in [3.8, 4) is 11.3 Å². The maximum atomic E-state index is 13.8. The normalized spacial score (nSPS) is 11.1. The van der Waals surface area contributed by atoms with E-state index in [2.05, 4.69) is 25.7 Å². The Balaban J connectivity index is 1.60. The zero-order valence-corrected chi connectivity index (χ0v) is 17.0. The first-order chi connectivity index (χ1) is 15.1. The average Bonchev–Trinajstić information content (AvgIpc) is 3.19. The standard InChI is InChI=1S/C21H18ClFN6O2/c22-20-14(4-2-5-15(20)23)16-7-8-19-25-12-17(29(19)28-16)21(31)27-18-6-1-3-13(26-18)11-24-9-10-30/h1-8,12,24,30H,9-11H2,(H,26,27,31). The summed E-state index contributed by atoms with van der Waals surface area (Å²) in [4.78, 5) is 21.4. The van der Waals surface area contributed by atoms with Crippen molar-refractivity contribution in [2.45, 2.75) is 6.54 Å². The summed E-state index contributed by atoms with van der Waals surface area (Å²) in [5, 5.41) is 19.0. The number of fused-ring (bicyclic) bond motifs is 1. The summed E-state index contributed by atoms with van der Waals surface area (Å²) in [5.41, 5.74) is 2.17. The van der Waals surface area contributed by atoms with E-state index in [1.54, 1.807) is 30.3 Å². The van der Waals surface area contributed by atoms with Gasteiger partial charge in [-0.3, -0.25) is 4.79 Å². The average molecular weight is 441 g/mol. The van der Waals surface area contributed by atoms with Gasteiger partial charge in [0.25, 0.3) is 5.91 Å². The van der Waals surface area contributed by atoms with Gasteiger partial charge >= 0.3 is 0 Å². The van der Waals surface area contributed by atoms with Crippen LogP contribution in [0.5, 0.6) is 0 Å². The molecule has 0 saturated carbocycles. The maximum Gasteiger partial charge on any atom is 0.277 e. The van der Waals surface area contributed by atoms with Crippen LogP contribution in [0.2, 0.25) is 5.02 Å². The number of hydrogen-bond acceptors (Lipinski definition) is 6. The van der Waals surface area contributed by atoms with E-state index < -0.39 is 11.7 Å². The van der Waals surface area contributed by atoms with Crippen molar-refractivity contribution >= 4 is 29.0 Å². The molecule has 31 heavy (non-hydrogen) atoms. The number of amides is 1. The third-order valence-electron chi connectivity index (χ3n) is 4.47. The van der Waals surface area contributed by atoms with Gasteiger partial charge in [-0.2, -0.15) is 5.10 Å². The van der Waals surface area contributed by atoms with E-state index in [-0.39, 0.29) is 17.3 Å². The number of pyridine rings is 1. The number of hydrogen-bond donors (Lipinski definition) is 3. The van der Waals surface area contributed by atoms with Gasteiger partial charge in [0.2, 0.25) is 0 Å². The summed E-state index contributed by atoms with van der Waals surface area (Å²) in [6.45, 7) is 0.934. The van der Waals surface area contributed by atoms with Crippen molar-refractivity contribution in [2.24, 2.45) is 0 Å². The minimum Gasteiger partial charge on any atom is -0.395 e. The Morgan fingerprint density at radius 1 is 1.16 bits per heavy atom. The van der Waals surface area contributed by atoms with E-state index in [4.69, 9.17) is 16.7 Å². The van der Waals surface area contributed by atoms with E-state index >= 15 is 0 Å². The number of anilines is 1. The van der Waals surface area contributed by atoms with Crippen molar-refractivity contribution < 1.29 is 14.3 Å². The Morgan fingerprint density at radius 2 is 2.00 bits per heavy atom. The highest BCUT2D eigenvalue weighted by Crippen LogP contribution is 2.28. The molecule has 3 heterocycles. The fourth-order valence-electron chi connectivity index (χ4n) is 3.00. The second kappa shape index (κ2) is 9.17. The second-order valence-electron chi connectivity index (χ2n) is 6.60. The summed E-state index contributed by atoms with van der Waals surface area (Å²) in [7, 11) is 0. The number of imidazole rings is 1. The highest BCUT2D eigenvalue weighted by atomic mass is 35.5. The summed E-state index contributed by atoms with van der Waals surface area (Å²) in [5.74, 6) is -0.632. The molecule has 10 heteroatoms. The van der Waals surface area contributed by atoms with E-state index in [0.29, 0.717) is 41.5 Å².